The van der Waals surface area contributed by atoms with E-state index >= 15 is 0 Å². The highest BCUT2D eigenvalue weighted by Crippen LogP contribution is 2.29. The molecule has 0 aliphatic heterocycles. The van der Waals surface area contributed by atoms with Crippen molar-refractivity contribution in [2.75, 3.05) is 0 Å². The third-order valence-corrected chi connectivity index (χ3v) is 6.02. The molecule has 0 aromatic heterocycles. The molecule has 1 saturated carbocycles. The van der Waals surface area contributed by atoms with Gasteiger partial charge < -0.3 is 5.11 Å². The Bertz CT molecular complexity index is 602. The molecule has 0 unspecified atom stereocenters. The largest absolute Gasteiger partial charge is 0.478 e. The molecule has 1 fully saturated rings. The molecule has 0 heterocycles. The van der Waals surface area contributed by atoms with Gasteiger partial charge in [-0.05, 0) is 31.0 Å². The van der Waals surface area contributed by atoms with Gasteiger partial charge in [0.05, 0.1) is 10.8 Å². The lowest BCUT2D eigenvalue weighted by Gasteiger charge is -2.15. The maximum Gasteiger partial charge on any atom is 0.335 e. The molecule has 0 bridgehead atoms. The molecule has 0 saturated heterocycles. The van der Waals surface area contributed by atoms with Crippen molar-refractivity contribution in [2.24, 2.45) is 0 Å². The van der Waals surface area contributed by atoms with Crippen molar-refractivity contribution in [2.45, 2.75) is 48.7 Å². The second kappa shape index (κ2) is 5.91. The second-order valence-corrected chi connectivity index (χ2v) is 7.31. The van der Waals surface area contributed by atoms with Crippen molar-refractivity contribution in [3.05, 3.63) is 29.6 Å². The third kappa shape index (κ3) is 3.00. The molecule has 1 aliphatic carbocycles. The van der Waals surface area contributed by atoms with Crippen molar-refractivity contribution in [3.63, 3.8) is 0 Å². The average molecular weight is 300 g/mol. The molecule has 20 heavy (non-hydrogen) atoms. The summed E-state index contributed by atoms with van der Waals surface area (Å²) in [5, 5.41) is 8.21. The zero-order valence-corrected chi connectivity index (χ0v) is 11.8. The number of rotatable bonds is 3. The van der Waals surface area contributed by atoms with E-state index in [1.54, 1.807) is 0 Å². The number of sulfone groups is 1. The number of aromatic carboxylic acids is 1. The van der Waals surface area contributed by atoms with Gasteiger partial charge in [-0.15, -0.1) is 0 Å². The van der Waals surface area contributed by atoms with Gasteiger partial charge in [0.25, 0.3) is 0 Å². The molecule has 110 valence electrons. The molecule has 1 aliphatic rings. The summed E-state index contributed by atoms with van der Waals surface area (Å²) in [6.07, 6.45) is 4.77. The van der Waals surface area contributed by atoms with Crippen LogP contribution in [0.5, 0.6) is 0 Å². The summed E-state index contributed by atoms with van der Waals surface area (Å²) in [4.78, 5) is 10.4. The summed E-state index contributed by atoms with van der Waals surface area (Å²) in [6.45, 7) is 0. The predicted molar refractivity (Wildman–Crippen MR) is 72.0 cm³/mol. The minimum absolute atomic E-state index is 0.248. The van der Waals surface area contributed by atoms with Crippen LogP contribution >= 0.6 is 0 Å². The van der Waals surface area contributed by atoms with Gasteiger partial charge in [-0.1, -0.05) is 25.7 Å². The van der Waals surface area contributed by atoms with Gasteiger partial charge in [0, 0.05) is 0 Å². The van der Waals surface area contributed by atoms with E-state index < -0.39 is 26.9 Å². The lowest BCUT2D eigenvalue weighted by Crippen LogP contribution is -2.22. The summed E-state index contributed by atoms with van der Waals surface area (Å²) in [6, 6.07) is 2.97. The quantitative estimate of drug-likeness (QED) is 0.871. The van der Waals surface area contributed by atoms with Gasteiger partial charge in [-0.25, -0.2) is 17.6 Å². The van der Waals surface area contributed by atoms with Crippen LogP contribution in [-0.4, -0.2) is 24.7 Å². The first-order valence-electron chi connectivity index (χ1n) is 6.69. The number of halogens is 1. The topological polar surface area (TPSA) is 71.4 Å². The van der Waals surface area contributed by atoms with E-state index in [4.69, 9.17) is 5.11 Å². The lowest BCUT2D eigenvalue weighted by molar-refractivity contribution is 0.0696. The second-order valence-electron chi connectivity index (χ2n) is 5.11. The number of carboxylic acids is 1. The molecule has 0 spiro atoms. The molecular formula is C14H17FO4S. The highest BCUT2D eigenvalue weighted by Gasteiger charge is 2.30. The van der Waals surface area contributed by atoms with Gasteiger partial charge in [0.15, 0.2) is 9.84 Å². The fourth-order valence-corrected chi connectivity index (χ4v) is 4.50. The molecule has 1 aromatic carbocycles. The molecule has 1 N–H and O–H groups in total. The van der Waals surface area contributed by atoms with Crippen LogP contribution in [0.4, 0.5) is 4.39 Å². The van der Waals surface area contributed by atoms with Crippen molar-refractivity contribution in [1.82, 2.24) is 0 Å². The van der Waals surface area contributed by atoms with Crippen molar-refractivity contribution < 1.29 is 22.7 Å². The molecule has 0 radical (unpaired) electrons. The lowest BCUT2D eigenvalue weighted by atomic mass is 10.2. The van der Waals surface area contributed by atoms with Crippen LogP contribution in [0.15, 0.2) is 23.1 Å². The minimum atomic E-state index is -3.73. The zero-order valence-electron chi connectivity index (χ0n) is 11.0. The Hall–Kier alpha value is -1.43. The van der Waals surface area contributed by atoms with Crippen LogP contribution in [0.2, 0.25) is 0 Å². The van der Waals surface area contributed by atoms with Gasteiger partial charge in [0.2, 0.25) is 0 Å². The average Bonchev–Trinajstić information content (AvgIpc) is 2.67. The first-order chi connectivity index (χ1) is 9.43. The maximum atomic E-state index is 13.9. The fourth-order valence-electron chi connectivity index (χ4n) is 2.60. The Labute approximate surface area is 117 Å². The van der Waals surface area contributed by atoms with E-state index in [9.17, 15) is 17.6 Å². The molecule has 2 rings (SSSR count). The van der Waals surface area contributed by atoms with E-state index in [0.717, 1.165) is 43.9 Å². The first-order valence-corrected chi connectivity index (χ1v) is 8.24. The van der Waals surface area contributed by atoms with Crippen LogP contribution in [0.3, 0.4) is 0 Å². The SMILES string of the molecule is O=C(O)c1ccc(S(=O)(=O)C2CCCCCC2)c(F)c1. The van der Waals surface area contributed by atoms with Crippen molar-refractivity contribution in [1.29, 1.82) is 0 Å². The molecule has 6 heteroatoms. The Morgan fingerprint density at radius 3 is 2.25 bits per heavy atom. The van der Waals surface area contributed by atoms with E-state index in [-0.39, 0.29) is 10.5 Å². The minimum Gasteiger partial charge on any atom is -0.478 e. The molecule has 0 atom stereocenters. The van der Waals surface area contributed by atoms with Crippen LogP contribution < -0.4 is 0 Å². The Morgan fingerprint density at radius 1 is 1.15 bits per heavy atom. The van der Waals surface area contributed by atoms with E-state index in [0.29, 0.717) is 12.8 Å². The molecular weight excluding hydrogens is 283 g/mol. The Morgan fingerprint density at radius 2 is 1.75 bits per heavy atom. The molecule has 0 amide bonds. The fraction of sp³-hybridized carbons (Fsp3) is 0.500. The number of carbonyl (C=O) groups is 1. The van der Waals surface area contributed by atoms with Gasteiger partial charge in [-0.2, -0.15) is 0 Å². The smallest absolute Gasteiger partial charge is 0.335 e. The van der Waals surface area contributed by atoms with Crippen LogP contribution in [0.25, 0.3) is 0 Å². The molecule has 4 nitrogen and oxygen atoms in total. The van der Waals surface area contributed by atoms with E-state index in [1.165, 1.54) is 0 Å². The summed E-state index contributed by atoms with van der Waals surface area (Å²) in [5.74, 6) is -2.25. The van der Waals surface area contributed by atoms with Crippen LogP contribution in [0.1, 0.15) is 48.9 Å². The summed E-state index contributed by atoms with van der Waals surface area (Å²) < 4.78 is 38.8. The number of hydrogen-bond donors (Lipinski definition) is 1. The van der Waals surface area contributed by atoms with E-state index in [2.05, 4.69) is 0 Å². The first kappa shape index (κ1) is 15.0. The summed E-state index contributed by atoms with van der Waals surface area (Å²) in [7, 11) is -3.73. The summed E-state index contributed by atoms with van der Waals surface area (Å²) >= 11 is 0. The summed E-state index contributed by atoms with van der Waals surface area (Å²) in [5.41, 5.74) is -0.248. The maximum absolute atomic E-state index is 13.9. The standard InChI is InChI=1S/C14H17FO4S/c15-12-9-10(14(16)17)7-8-13(12)20(18,19)11-5-3-1-2-4-6-11/h7-9,11H,1-6H2,(H,16,17). The van der Waals surface area contributed by atoms with Gasteiger partial charge >= 0.3 is 5.97 Å². The van der Waals surface area contributed by atoms with Gasteiger partial charge in [0.1, 0.15) is 10.7 Å². The van der Waals surface area contributed by atoms with E-state index in [1.807, 2.05) is 0 Å². The van der Waals surface area contributed by atoms with Crippen molar-refractivity contribution >= 4 is 15.8 Å². The monoisotopic (exact) mass is 300 g/mol. The van der Waals surface area contributed by atoms with Crippen molar-refractivity contribution in [3.8, 4) is 0 Å². The van der Waals surface area contributed by atoms with Crippen LogP contribution in [-0.2, 0) is 9.84 Å². The Kier molecular flexibility index (Phi) is 4.42. The number of benzene rings is 1. The highest BCUT2D eigenvalue weighted by atomic mass is 32.2. The predicted octanol–water partition coefficient (Wildman–Crippen LogP) is 3.02. The normalized spacial score (nSPS) is 17.6. The third-order valence-electron chi connectivity index (χ3n) is 3.73. The number of carboxylic acid groups (broad SMARTS) is 1. The van der Waals surface area contributed by atoms with Gasteiger partial charge in [-0.3, -0.25) is 0 Å². The number of hydrogen-bond acceptors (Lipinski definition) is 3. The zero-order chi connectivity index (χ0) is 14.8. The Balaban J connectivity index is 2.36. The highest BCUT2D eigenvalue weighted by molar-refractivity contribution is 7.92. The van der Waals surface area contributed by atoms with Crippen LogP contribution in [0, 0.1) is 5.82 Å². The molecule has 1 aromatic rings.